The molecule has 0 spiro atoms. The molecule has 6 nitrogen and oxygen atoms in total. The lowest BCUT2D eigenvalue weighted by atomic mass is 9.96. The molecule has 1 N–H and O–H groups in total. The largest absolute Gasteiger partial charge is 0.373 e. The second-order valence-electron chi connectivity index (χ2n) is 5.26. The summed E-state index contributed by atoms with van der Waals surface area (Å²) in [7, 11) is 0. The fourth-order valence-electron chi connectivity index (χ4n) is 3.01. The summed E-state index contributed by atoms with van der Waals surface area (Å²) in [4.78, 5) is 14.9. The second-order valence-corrected chi connectivity index (χ2v) is 5.60. The van der Waals surface area contributed by atoms with Crippen molar-refractivity contribution in [1.82, 2.24) is 15.0 Å². The number of fused-ring (bicyclic) bond motifs is 2. The smallest absolute Gasteiger partial charge is 0.231 e. The van der Waals surface area contributed by atoms with E-state index < -0.39 is 0 Å². The molecule has 3 atom stereocenters. The number of hydrogen-bond donors (Lipinski definition) is 1. The van der Waals surface area contributed by atoms with E-state index in [9.17, 15) is 0 Å². The molecule has 0 aliphatic carbocycles. The van der Waals surface area contributed by atoms with E-state index in [0.29, 0.717) is 18.0 Å². The third-order valence-electron chi connectivity index (χ3n) is 4.06. The highest BCUT2D eigenvalue weighted by molar-refractivity contribution is 6.28. The predicted octanol–water partition coefficient (Wildman–Crippen LogP) is 2.10. The highest BCUT2D eigenvalue weighted by atomic mass is 35.5. The maximum Gasteiger partial charge on any atom is 0.231 e. The number of rotatable bonds is 5. The first-order valence-electron chi connectivity index (χ1n) is 7.28. The summed E-state index contributed by atoms with van der Waals surface area (Å²) in [6.45, 7) is 5.82. The first-order valence-corrected chi connectivity index (χ1v) is 7.66. The highest BCUT2D eigenvalue weighted by Gasteiger charge is 2.41. The summed E-state index contributed by atoms with van der Waals surface area (Å²) >= 11 is 6.01. The van der Waals surface area contributed by atoms with E-state index in [1.807, 2.05) is 0 Å². The van der Waals surface area contributed by atoms with E-state index >= 15 is 0 Å². The monoisotopic (exact) mass is 297 g/mol. The van der Waals surface area contributed by atoms with Crippen LogP contribution in [0.3, 0.4) is 0 Å². The molecule has 0 aromatic carbocycles. The van der Waals surface area contributed by atoms with Crippen LogP contribution in [-0.2, 0) is 4.74 Å². The van der Waals surface area contributed by atoms with E-state index in [1.165, 1.54) is 6.42 Å². The van der Waals surface area contributed by atoms with Crippen LogP contribution in [0.2, 0.25) is 5.28 Å². The molecule has 2 fully saturated rings. The van der Waals surface area contributed by atoms with Crippen LogP contribution in [0, 0.1) is 0 Å². The number of aromatic nitrogens is 3. The molecule has 2 saturated heterocycles. The molecule has 2 bridgehead atoms. The summed E-state index contributed by atoms with van der Waals surface area (Å²) in [6.07, 6.45) is 3.99. The van der Waals surface area contributed by atoms with Gasteiger partial charge < -0.3 is 15.0 Å². The van der Waals surface area contributed by atoms with E-state index in [-0.39, 0.29) is 17.4 Å². The summed E-state index contributed by atoms with van der Waals surface area (Å²) in [5, 5.41) is 3.59. The molecule has 3 unspecified atom stereocenters. The number of nitrogens with zero attached hydrogens (tertiary/aromatic N) is 4. The number of hydrogen-bond acceptors (Lipinski definition) is 6. The average Bonchev–Trinajstić information content (AvgIpc) is 3.02. The molecule has 2 aliphatic heterocycles. The lowest BCUT2D eigenvalue weighted by molar-refractivity contribution is 0.102. The molecule has 0 saturated carbocycles. The third kappa shape index (κ3) is 2.67. The van der Waals surface area contributed by atoms with Gasteiger partial charge in [0.25, 0.3) is 0 Å². The van der Waals surface area contributed by atoms with E-state index in [1.54, 1.807) is 0 Å². The van der Waals surface area contributed by atoms with Gasteiger partial charge in [-0.05, 0) is 44.7 Å². The Kier molecular flexibility index (Phi) is 3.94. The van der Waals surface area contributed by atoms with Gasteiger partial charge in [0.15, 0.2) is 0 Å². The first kappa shape index (κ1) is 13.8. The zero-order valence-corrected chi connectivity index (χ0v) is 12.6. The number of halogens is 1. The summed E-state index contributed by atoms with van der Waals surface area (Å²) in [5.74, 6) is 1.18. The van der Waals surface area contributed by atoms with E-state index in [0.717, 1.165) is 25.9 Å². The van der Waals surface area contributed by atoms with Gasteiger partial charge in [-0.1, -0.05) is 0 Å². The lowest BCUT2D eigenvalue weighted by Crippen LogP contribution is -2.32. The normalized spacial score (nSPS) is 27.9. The molecular formula is C13H20ClN5O. The average molecular weight is 298 g/mol. The van der Waals surface area contributed by atoms with E-state index in [2.05, 4.69) is 39.0 Å². The van der Waals surface area contributed by atoms with Crippen LogP contribution in [0.1, 0.15) is 33.1 Å². The SMILES string of the molecule is CCN(CC)c1nc(Cl)nc(NC2CC3CCC2O3)n1. The maximum absolute atomic E-state index is 6.01. The zero-order chi connectivity index (χ0) is 14.1. The van der Waals surface area contributed by atoms with Gasteiger partial charge in [0.1, 0.15) is 0 Å². The Balaban J connectivity index is 1.76. The van der Waals surface area contributed by atoms with Gasteiger partial charge in [-0.15, -0.1) is 0 Å². The minimum atomic E-state index is 0.230. The van der Waals surface area contributed by atoms with Crippen molar-refractivity contribution in [2.75, 3.05) is 23.3 Å². The van der Waals surface area contributed by atoms with Crippen molar-refractivity contribution < 1.29 is 4.74 Å². The highest BCUT2D eigenvalue weighted by Crippen LogP contribution is 2.35. The Morgan fingerprint density at radius 3 is 2.65 bits per heavy atom. The molecule has 3 rings (SSSR count). The van der Waals surface area contributed by atoms with Crippen molar-refractivity contribution in [3.05, 3.63) is 5.28 Å². The molecule has 0 amide bonds. The molecular weight excluding hydrogens is 278 g/mol. The Morgan fingerprint density at radius 2 is 2.05 bits per heavy atom. The van der Waals surface area contributed by atoms with Crippen molar-refractivity contribution in [1.29, 1.82) is 0 Å². The number of ether oxygens (including phenoxy) is 1. The second kappa shape index (κ2) is 5.69. The van der Waals surface area contributed by atoms with E-state index in [4.69, 9.17) is 16.3 Å². The molecule has 1 aromatic rings. The predicted molar refractivity (Wildman–Crippen MR) is 78.3 cm³/mol. The lowest BCUT2D eigenvalue weighted by Gasteiger charge is -2.22. The minimum Gasteiger partial charge on any atom is -0.373 e. The van der Waals surface area contributed by atoms with Crippen LogP contribution in [0.5, 0.6) is 0 Å². The van der Waals surface area contributed by atoms with Crippen LogP contribution in [0.25, 0.3) is 0 Å². The van der Waals surface area contributed by atoms with Gasteiger partial charge >= 0.3 is 0 Å². The Bertz CT molecular complexity index is 482. The van der Waals surface area contributed by atoms with Crippen molar-refractivity contribution in [3.8, 4) is 0 Å². The van der Waals surface area contributed by atoms with Crippen molar-refractivity contribution in [2.45, 2.75) is 51.4 Å². The van der Waals surface area contributed by atoms with Crippen molar-refractivity contribution in [3.63, 3.8) is 0 Å². The third-order valence-corrected chi connectivity index (χ3v) is 4.23. The molecule has 7 heteroatoms. The van der Waals surface area contributed by atoms with Crippen LogP contribution in [0.4, 0.5) is 11.9 Å². The Morgan fingerprint density at radius 1 is 1.25 bits per heavy atom. The molecule has 2 aliphatic rings. The molecule has 3 heterocycles. The quantitative estimate of drug-likeness (QED) is 0.898. The summed E-state index contributed by atoms with van der Waals surface area (Å²) in [6, 6.07) is 0.289. The molecule has 110 valence electrons. The molecule has 0 radical (unpaired) electrons. The van der Waals surface area contributed by atoms with Gasteiger partial charge in [-0.2, -0.15) is 15.0 Å². The zero-order valence-electron chi connectivity index (χ0n) is 11.8. The minimum absolute atomic E-state index is 0.230. The number of anilines is 2. The maximum atomic E-state index is 6.01. The van der Waals surface area contributed by atoms with Crippen LogP contribution < -0.4 is 10.2 Å². The standard InChI is InChI=1S/C13H20ClN5O/c1-3-19(4-2)13-17-11(14)16-12(18-13)15-9-7-8-5-6-10(9)20-8/h8-10H,3-7H2,1-2H3,(H,15,16,17,18). The fraction of sp³-hybridized carbons (Fsp3) is 0.769. The van der Waals surface area contributed by atoms with Gasteiger partial charge in [-0.25, -0.2) is 0 Å². The molecule has 20 heavy (non-hydrogen) atoms. The van der Waals surface area contributed by atoms with Crippen LogP contribution in [0.15, 0.2) is 0 Å². The van der Waals surface area contributed by atoms with Gasteiger partial charge in [0.05, 0.1) is 18.2 Å². The fourth-order valence-corrected chi connectivity index (χ4v) is 3.16. The van der Waals surface area contributed by atoms with Crippen molar-refractivity contribution >= 4 is 23.5 Å². The Hall–Kier alpha value is -1.14. The van der Waals surface area contributed by atoms with Crippen LogP contribution >= 0.6 is 11.6 Å². The topological polar surface area (TPSA) is 63.2 Å². The first-order chi connectivity index (χ1) is 9.69. The van der Waals surface area contributed by atoms with Gasteiger partial charge in [0.2, 0.25) is 17.2 Å². The van der Waals surface area contributed by atoms with Gasteiger partial charge in [-0.3, -0.25) is 0 Å². The van der Waals surface area contributed by atoms with Crippen LogP contribution in [-0.4, -0.2) is 46.3 Å². The van der Waals surface area contributed by atoms with Gasteiger partial charge in [0, 0.05) is 13.1 Å². The number of nitrogens with one attached hydrogen (secondary N) is 1. The molecule has 1 aromatic heterocycles. The van der Waals surface area contributed by atoms with Crippen molar-refractivity contribution in [2.24, 2.45) is 0 Å². The summed E-state index contributed by atoms with van der Waals surface area (Å²) < 4.78 is 5.83. The Labute approximate surface area is 123 Å². The summed E-state index contributed by atoms with van der Waals surface area (Å²) in [5.41, 5.74) is 0.